The van der Waals surface area contributed by atoms with Crippen LogP contribution in [0.25, 0.3) is 0 Å². The molecule has 0 amide bonds. The van der Waals surface area contributed by atoms with E-state index in [1.807, 2.05) is 0 Å². The summed E-state index contributed by atoms with van der Waals surface area (Å²) in [5.74, 6) is -1.58. The molecule has 0 aliphatic heterocycles. The number of hydrogen-bond acceptors (Lipinski definition) is 5. The molecule has 0 aromatic heterocycles. The molecule has 1 aromatic carbocycles. The SMILES string of the molecule is COc1cc(CS(=O)(=O)Cl)cc(C(=O)O)c1OC. The fourth-order valence-corrected chi connectivity index (χ4v) is 2.41. The van der Waals surface area contributed by atoms with Crippen LogP contribution in [0.2, 0.25) is 0 Å². The summed E-state index contributed by atoms with van der Waals surface area (Å²) in [4.78, 5) is 11.0. The maximum absolute atomic E-state index is 11.0. The Hall–Kier alpha value is -1.47. The van der Waals surface area contributed by atoms with E-state index in [1.54, 1.807) is 0 Å². The molecular weight excluding hydrogens is 284 g/mol. The minimum absolute atomic E-state index is 0.0284. The largest absolute Gasteiger partial charge is 0.493 e. The van der Waals surface area contributed by atoms with Crippen LogP contribution in [-0.4, -0.2) is 33.7 Å². The van der Waals surface area contributed by atoms with Gasteiger partial charge in [-0.3, -0.25) is 0 Å². The van der Waals surface area contributed by atoms with E-state index in [1.165, 1.54) is 26.4 Å². The zero-order chi connectivity index (χ0) is 13.9. The van der Waals surface area contributed by atoms with Gasteiger partial charge in [0.15, 0.2) is 11.5 Å². The number of aromatic carboxylic acids is 1. The van der Waals surface area contributed by atoms with Crippen LogP contribution < -0.4 is 9.47 Å². The fraction of sp³-hybridized carbons (Fsp3) is 0.300. The van der Waals surface area contributed by atoms with Crippen molar-refractivity contribution in [3.8, 4) is 11.5 Å². The van der Waals surface area contributed by atoms with E-state index >= 15 is 0 Å². The first-order chi connectivity index (χ1) is 8.28. The summed E-state index contributed by atoms with van der Waals surface area (Å²) < 4.78 is 31.8. The van der Waals surface area contributed by atoms with Gasteiger partial charge in [0, 0.05) is 10.7 Å². The molecule has 0 aliphatic carbocycles. The van der Waals surface area contributed by atoms with Gasteiger partial charge >= 0.3 is 5.97 Å². The van der Waals surface area contributed by atoms with Crippen LogP contribution in [0.1, 0.15) is 15.9 Å². The second-order valence-electron chi connectivity index (χ2n) is 3.37. The van der Waals surface area contributed by atoms with Gasteiger partial charge in [-0.05, 0) is 17.7 Å². The van der Waals surface area contributed by atoms with E-state index in [0.29, 0.717) is 0 Å². The number of carboxylic acids is 1. The van der Waals surface area contributed by atoms with Gasteiger partial charge in [-0.25, -0.2) is 13.2 Å². The van der Waals surface area contributed by atoms with Crippen molar-refractivity contribution in [1.29, 1.82) is 0 Å². The molecule has 0 saturated carbocycles. The van der Waals surface area contributed by atoms with E-state index in [9.17, 15) is 13.2 Å². The average Bonchev–Trinajstić information content (AvgIpc) is 2.25. The second-order valence-corrected chi connectivity index (χ2v) is 6.14. The Morgan fingerprint density at radius 1 is 1.33 bits per heavy atom. The van der Waals surface area contributed by atoms with E-state index in [4.69, 9.17) is 25.3 Å². The Bertz CT molecular complexity index is 566. The highest BCUT2D eigenvalue weighted by Crippen LogP contribution is 2.33. The summed E-state index contributed by atoms with van der Waals surface area (Å²) in [5.41, 5.74) is 0.0206. The van der Waals surface area contributed by atoms with Crippen LogP contribution in [0.3, 0.4) is 0 Å². The van der Waals surface area contributed by atoms with Gasteiger partial charge in [0.05, 0.1) is 20.0 Å². The highest BCUT2D eigenvalue weighted by atomic mass is 35.7. The van der Waals surface area contributed by atoms with Gasteiger partial charge in [0.2, 0.25) is 9.05 Å². The number of ether oxygens (including phenoxy) is 2. The predicted molar refractivity (Wildman–Crippen MR) is 65.0 cm³/mol. The molecule has 0 heterocycles. The molecular formula is C10H11ClO6S. The Kier molecular flexibility index (Phi) is 4.42. The maximum atomic E-state index is 11.0. The summed E-state index contributed by atoms with van der Waals surface area (Å²) in [6.07, 6.45) is 0. The molecule has 0 unspecified atom stereocenters. The van der Waals surface area contributed by atoms with Crippen molar-refractivity contribution in [3.05, 3.63) is 23.3 Å². The Balaban J connectivity index is 3.41. The second kappa shape index (κ2) is 5.45. The molecule has 0 aliphatic rings. The summed E-state index contributed by atoms with van der Waals surface area (Å²) >= 11 is 0. The number of halogens is 1. The highest BCUT2D eigenvalue weighted by molar-refractivity contribution is 8.13. The van der Waals surface area contributed by atoms with Gasteiger partial charge in [0.25, 0.3) is 0 Å². The van der Waals surface area contributed by atoms with Gasteiger partial charge in [-0.1, -0.05) is 0 Å². The van der Waals surface area contributed by atoms with Crippen molar-refractivity contribution in [2.75, 3.05) is 14.2 Å². The third kappa shape index (κ3) is 3.51. The summed E-state index contributed by atoms with van der Waals surface area (Å²) in [6, 6.07) is 2.55. The number of carbonyl (C=O) groups is 1. The van der Waals surface area contributed by atoms with Gasteiger partial charge in [-0.15, -0.1) is 0 Å². The van der Waals surface area contributed by atoms with Crippen LogP contribution in [0.5, 0.6) is 11.5 Å². The number of benzene rings is 1. The normalized spacial score (nSPS) is 11.1. The third-order valence-corrected chi connectivity index (χ3v) is 3.11. The fourth-order valence-electron chi connectivity index (χ4n) is 1.46. The van der Waals surface area contributed by atoms with Crippen LogP contribution >= 0.6 is 10.7 Å². The lowest BCUT2D eigenvalue weighted by Crippen LogP contribution is -2.05. The molecule has 100 valence electrons. The lowest BCUT2D eigenvalue weighted by Gasteiger charge is -2.12. The molecule has 1 rings (SSSR count). The zero-order valence-corrected chi connectivity index (χ0v) is 11.2. The molecule has 0 radical (unpaired) electrons. The van der Waals surface area contributed by atoms with Gasteiger partial charge < -0.3 is 14.6 Å². The average molecular weight is 295 g/mol. The molecule has 1 N–H and O–H groups in total. The monoisotopic (exact) mass is 294 g/mol. The van der Waals surface area contributed by atoms with Crippen molar-refractivity contribution in [2.24, 2.45) is 0 Å². The molecule has 0 atom stereocenters. The Labute approximate surface area is 109 Å². The number of hydrogen-bond donors (Lipinski definition) is 1. The van der Waals surface area contributed by atoms with Crippen molar-refractivity contribution < 1.29 is 27.8 Å². The van der Waals surface area contributed by atoms with Crippen LogP contribution in [0.15, 0.2) is 12.1 Å². The van der Waals surface area contributed by atoms with Crippen molar-refractivity contribution in [2.45, 2.75) is 5.75 Å². The Morgan fingerprint density at radius 3 is 2.33 bits per heavy atom. The van der Waals surface area contributed by atoms with E-state index < -0.39 is 20.8 Å². The lowest BCUT2D eigenvalue weighted by molar-refractivity contribution is 0.0692. The van der Waals surface area contributed by atoms with Crippen molar-refractivity contribution in [3.63, 3.8) is 0 Å². The van der Waals surface area contributed by atoms with Crippen molar-refractivity contribution >= 4 is 25.7 Å². The summed E-state index contributed by atoms with van der Waals surface area (Å²) in [7, 11) is 3.96. The van der Waals surface area contributed by atoms with E-state index in [0.717, 1.165) is 0 Å². The highest BCUT2D eigenvalue weighted by Gasteiger charge is 2.19. The summed E-state index contributed by atoms with van der Waals surface area (Å²) in [5, 5.41) is 9.02. The molecule has 0 fully saturated rings. The van der Waals surface area contributed by atoms with Crippen LogP contribution in [0.4, 0.5) is 0 Å². The lowest BCUT2D eigenvalue weighted by atomic mass is 10.1. The molecule has 0 bridgehead atoms. The van der Waals surface area contributed by atoms with Crippen molar-refractivity contribution in [1.82, 2.24) is 0 Å². The quantitative estimate of drug-likeness (QED) is 0.827. The minimum atomic E-state index is -3.78. The molecule has 1 aromatic rings. The number of methoxy groups -OCH3 is 2. The van der Waals surface area contributed by atoms with Gasteiger partial charge in [-0.2, -0.15) is 0 Å². The minimum Gasteiger partial charge on any atom is -0.493 e. The summed E-state index contributed by atoms with van der Waals surface area (Å²) in [6.45, 7) is 0. The maximum Gasteiger partial charge on any atom is 0.339 e. The van der Waals surface area contributed by atoms with Gasteiger partial charge in [0.1, 0.15) is 5.56 Å². The molecule has 18 heavy (non-hydrogen) atoms. The van der Waals surface area contributed by atoms with Crippen LogP contribution in [-0.2, 0) is 14.8 Å². The first kappa shape index (κ1) is 14.6. The first-order valence-electron chi connectivity index (χ1n) is 4.69. The third-order valence-electron chi connectivity index (χ3n) is 2.11. The predicted octanol–water partition coefficient (Wildman–Crippen LogP) is 1.47. The molecule has 6 nitrogen and oxygen atoms in total. The Morgan fingerprint density at radius 2 is 1.94 bits per heavy atom. The van der Waals surface area contributed by atoms with E-state index in [2.05, 4.69) is 0 Å². The number of carboxylic acid groups (broad SMARTS) is 1. The first-order valence-corrected chi connectivity index (χ1v) is 7.17. The number of rotatable bonds is 5. The standard InChI is InChI=1S/C10H11ClO6S/c1-16-8-4-6(5-18(11,14)15)3-7(10(12)13)9(8)17-2/h3-4H,5H2,1-2H3,(H,12,13). The molecule has 0 saturated heterocycles. The van der Waals surface area contributed by atoms with Crippen LogP contribution in [0, 0.1) is 0 Å². The molecule has 0 spiro atoms. The zero-order valence-electron chi connectivity index (χ0n) is 9.64. The van der Waals surface area contributed by atoms with E-state index in [-0.39, 0.29) is 22.6 Å². The topological polar surface area (TPSA) is 89.9 Å². The molecule has 8 heteroatoms. The smallest absolute Gasteiger partial charge is 0.339 e.